The quantitative estimate of drug-likeness (QED) is 0.473. The highest BCUT2D eigenvalue weighted by atomic mass is 32.2. The molecule has 1 aromatic rings. The molecule has 6 heteroatoms. The molecular weight excluding hydrogens is 280 g/mol. The van der Waals surface area contributed by atoms with E-state index >= 15 is 0 Å². The SMILES string of the molecule is CN(C)/N=C(/C[S@](C)=O)c1ccc([Si](C)(C)C)s1. The summed E-state index contributed by atoms with van der Waals surface area (Å²) in [6.45, 7) is 7.01. The molecule has 0 N–H and O–H groups in total. The maximum absolute atomic E-state index is 11.4. The molecule has 0 saturated heterocycles. The molecule has 0 fully saturated rings. The van der Waals surface area contributed by atoms with Gasteiger partial charge in [0.05, 0.1) is 24.4 Å². The summed E-state index contributed by atoms with van der Waals surface area (Å²) in [7, 11) is 1.66. The number of hydrogen-bond donors (Lipinski definition) is 0. The zero-order valence-electron chi connectivity index (χ0n) is 12.0. The van der Waals surface area contributed by atoms with Crippen LogP contribution in [0, 0.1) is 0 Å². The number of thiophene rings is 1. The van der Waals surface area contributed by atoms with Gasteiger partial charge in [0.25, 0.3) is 0 Å². The van der Waals surface area contributed by atoms with E-state index in [0.717, 1.165) is 10.6 Å². The van der Waals surface area contributed by atoms with Gasteiger partial charge >= 0.3 is 0 Å². The van der Waals surface area contributed by atoms with Gasteiger partial charge in [-0.05, 0) is 10.6 Å². The summed E-state index contributed by atoms with van der Waals surface area (Å²) in [6, 6.07) is 4.32. The molecule has 0 radical (unpaired) electrons. The topological polar surface area (TPSA) is 32.7 Å². The Hall–Kier alpha value is -0.463. The number of hydrogen-bond acceptors (Lipinski definition) is 4. The lowest BCUT2D eigenvalue weighted by Gasteiger charge is -2.12. The first-order valence-corrected chi connectivity index (χ1v) is 11.9. The highest BCUT2D eigenvalue weighted by molar-refractivity contribution is 7.85. The molecule has 0 aliphatic heterocycles. The van der Waals surface area contributed by atoms with Gasteiger partial charge in [0.1, 0.15) is 0 Å². The zero-order chi connectivity index (χ0) is 13.9. The minimum absolute atomic E-state index is 0.518. The van der Waals surface area contributed by atoms with Gasteiger partial charge in [0, 0.05) is 31.2 Å². The second-order valence-corrected chi connectivity index (χ2v) is 13.4. The average Bonchev–Trinajstić information content (AvgIpc) is 2.62. The van der Waals surface area contributed by atoms with Crippen LogP contribution >= 0.6 is 11.3 Å². The molecule has 0 aromatic carbocycles. The summed E-state index contributed by atoms with van der Waals surface area (Å²) in [6.07, 6.45) is 1.72. The predicted octanol–water partition coefficient (Wildman–Crippen LogP) is 1.94. The van der Waals surface area contributed by atoms with Crippen molar-refractivity contribution in [2.75, 3.05) is 26.1 Å². The average molecular weight is 303 g/mol. The Balaban J connectivity index is 3.07. The number of rotatable bonds is 5. The zero-order valence-corrected chi connectivity index (χ0v) is 14.6. The van der Waals surface area contributed by atoms with E-state index in [0.29, 0.717) is 5.75 Å². The Bertz CT molecular complexity index is 461. The van der Waals surface area contributed by atoms with Gasteiger partial charge in [-0.25, -0.2) is 0 Å². The van der Waals surface area contributed by atoms with E-state index in [2.05, 4.69) is 36.9 Å². The summed E-state index contributed by atoms with van der Waals surface area (Å²) in [5.41, 5.74) is 0.926. The first-order chi connectivity index (χ1) is 8.20. The molecule has 0 saturated carbocycles. The van der Waals surface area contributed by atoms with Crippen LogP contribution in [-0.4, -0.2) is 49.1 Å². The molecule has 0 unspecified atom stereocenters. The van der Waals surface area contributed by atoms with Gasteiger partial charge in [0.2, 0.25) is 0 Å². The maximum Gasteiger partial charge on any atom is 0.0904 e. The summed E-state index contributed by atoms with van der Waals surface area (Å²) >= 11 is 1.80. The van der Waals surface area contributed by atoms with Crippen LogP contribution in [0.4, 0.5) is 0 Å². The Kier molecular flexibility index (Phi) is 5.30. The van der Waals surface area contributed by atoms with Crippen molar-refractivity contribution in [1.29, 1.82) is 0 Å². The lowest BCUT2D eigenvalue weighted by atomic mass is 10.3. The Morgan fingerprint density at radius 3 is 2.39 bits per heavy atom. The number of hydrazone groups is 1. The molecule has 1 rings (SSSR count). The van der Waals surface area contributed by atoms with Gasteiger partial charge in [-0.3, -0.25) is 4.21 Å². The van der Waals surface area contributed by atoms with E-state index in [4.69, 9.17) is 0 Å². The van der Waals surface area contributed by atoms with E-state index in [1.165, 1.54) is 4.50 Å². The largest absolute Gasteiger partial charge is 0.303 e. The van der Waals surface area contributed by atoms with Crippen molar-refractivity contribution in [1.82, 2.24) is 5.01 Å². The van der Waals surface area contributed by atoms with Crippen LogP contribution in [-0.2, 0) is 10.8 Å². The molecule has 0 bridgehead atoms. The van der Waals surface area contributed by atoms with Crippen molar-refractivity contribution in [3.63, 3.8) is 0 Å². The molecule has 1 heterocycles. The van der Waals surface area contributed by atoms with Crippen LogP contribution in [0.3, 0.4) is 0 Å². The monoisotopic (exact) mass is 302 g/mol. The number of nitrogens with zero attached hydrogens (tertiary/aromatic N) is 2. The lowest BCUT2D eigenvalue weighted by Crippen LogP contribution is -2.34. The first kappa shape index (κ1) is 15.6. The van der Waals surface area contributed by atoms with Crippen molar-refractivity contribution in [3.8, 4) is 0 Å². The molecule has 3 nitrogen and oxygen atoms in total. The van der Waals surface area contributed by atoms with Gasteiger partial charge < -0.3 is 5.01 Å². The van der Waals surface area contributed by atoms with Crippen molar-refractivity contribution in [2.24, 2.45) is 5.10 Å². The molecule has 0 spiro atoms. The Labute approximate surface area is 117 Å². The van der Waals surface area contributed by atoms with Crippen LogP contribution in [0.15, 0.2) is 17.2 Å². The van der Waals surface area contributed by atoms with Crippen LogP contribution in [0.5, 0.6) is 0 Å². The van der Waals surface area contributed by atoms with E-state index in [1.54, 1.807) is 22.6 Å². The second-order valence-electron chi connectivity index (χ2n) is 5.53. The summed E-state index contributed by atoms with van der Waals surface area (Å²) in [4.78, 5) is 1.15. The normalized spacial score (nSPS) is 14.7. The Morgan fingerprint density at radius 1 is 1.39 bits per heavy atom. The highest BCUT2D eigenvalue weighted by Crippen LogP contribution is 2.15. The molecule has 0 amide bonds. The molecule has 0 aliphatic carbocycles. The van der Waals surface area contributed by atoms with Crippen molar-refractivity contribution in [2.45, 2.75) is 19.6 Å². The Morgan fingerprint density at radius 2 is 2.00 bits per heavy atom. The summed E-state index contributed by atoms with van der Waals surface area (Å²) in [5, 5.41) is 6.24. The van der Waals surface area contributed by atoms with Gasteiger partial charge in [-0.2, -0.15) is 5.10 Å². The van der Waals surface area contributed by atoms with Gasteiger partial charge in [-0.1, -0.05) is 25.7 Å². The molecule has 1 aromatic heterocycles. The van der Waals surface area contributed by atoms with E-state index in [-0.39, 0.29) is 0 Å². The van der Waals surface area contributed by atoms with Crippen LogP contribution in [0.2, 0.25) is 19.6 Å². The fourth-order valence-electron chi connectivity index (χ4n) is 1.48. The highest BCUT2D eigenvalue weighted by Gasteiger charge is 2.20. The fourth-order valence-corrected chi connectivity index (χ4v) is 5.05. The second kappa shape index (κ2) is 6.12. The van der Waals surface area contributed by atoms with E-state index < -0.39 is 18.9 Å². The summed E-state index contributed by atoms with van der Waals surface area (Å²) < 4.78 is 12.9. The van der Waals surface area contributed by atoms with Gasteiger partial charge in [0.15, 0.2) is 0 Å². The lowest BCUT2D eigenvalue weighted by molar-refractivity contribution is 0.438. The molecule has 1 atom stereocenters. The fraction of sp³-hybridized carbons (Fsp3) is 0.583. The smallest absolute Gasteiger partial charge is 0.0904 e. The van der Waals surface area contributed by atoms with Gasteiger partial charge in [-0.15, -0.1) is 11.3 Å². The van der Waals surface area contributed by atoms with Crippen molar-refractivity contribution in [3.05, 3.63) is 17.0 Å². The summed E-state index contributed by atoms with van der Waals surface area (Å²) in [5.74, 6) is 0.518. The van der Waals surface area contributed by atoms with Crippen molar-refractivity contribution >= 4 is 40.4 Å². The third-order valence-electron chi connectivity index (χ3n) is 2.29. The van der Waals surface area contributed by atoms with E-state index in [9.17, 15) is 4.21 Å². The molecule has 18 heavy (non-hydrogen) atoms. The van der Waals surface area contributed by atoms with Crippen molar-refractivity contribution < 1.29 is 4.21 Å². The predicted molar refractivity (Wildman–Crippen MR) is 86.5 cm³/mol. The minimum atomic E-state index is -1.26. The maximum atomic E-state index is 11.4. The minimum Gasteiger partial charge on any atom is -0.303 e. The third-order valence-corrected chi connectivity index (χ3v) is 7.71. The van der Waals surface area contributed by atoms with Crippen LogP contribution in [0.1, 0.15) is 4.88 Å². The van der Waals surface area contributed by atoms with E-state index in [1.807, 2.05) is 14.1 Å². The van der Waals surface area contributed by atoms with Crippen LogP contribution < -0.4 is 4.50 Å². The third kappa shape index (κ3) is 4.66. The standard InChI is InChI=1S/C12H22N2OS2Si/c1-14(2)13-10(9-17(3)15)11-7-8-12(16-11)18(4,5)6/h7-8H,9H2,1-6H3/b13-10-/t17-/m0/s1. The van der Waals surface area contributed by atoms with Crippen LogP contribution in [0.25, 0.3) is 0 Å². The molecule has 0 aliphatic rings. The first-order valence-electron chi connectivity index (χ1n) is 5.85. The molecular formula is C12H22N2OS2Si. The molecule has 102 valence electrons.